The number of thiophene rings is 1. The maximum absolute atomic E-state index is 12.3. The molecule has 0 spiro atoms. The van der Waals surface area contributed by atoms with Gasteiger partial charge in [0.05, 0.1) is 36.4 Å². The molecule has 6 rings (SSSR count). The van der Waals surface area contributed by atoms with Crippen molar-refractivity contribution < 1.29 is 9.53 Å². The smallest absolute Gasteiger partial charge is 0.239 e. The van der Waals surface area contributed by atoms with Crippen LogP contribution in [0.15, 0.2) is 29.8 Å². The highest BCUT2D eigenvalue weighted by atomic mass is 32.1. The summed E-state index contributed by atoms with van der Waals surface area (Å²) in [7, 11) is 0. The number of aromatic amines is 1. The summed E-state index contributed by atoms with van der Waals surface area (Å²) >= 11 is 1.67. The van der Waals surface area contributed by atoms with E-state index in [0.717, 1.165) is 65.2 Å². The number of nitrogens with zero attached hydrogens (tertiary/aromatic N) is 6. The van der Waals surface area contributed by atoms with Gasteiger partial charge in [0.1, 0.15) is 10.6 Å². The zero-order chi connectivity index (χ0) is 24.6. The van der Waals surface area contributed by atoms with E-state index in [9.17, 15) is 4.79 Å². The molecule has 0 aliphatic carbocycles. The minimum Gasteiger partial charge on any atom is -0.378 e. The summed E-state index contributed by atoms with van der Waals surface area (Å²) in [5.74, 6) is 1.71. The normalized spacial score (nSPS) is 18.3. The Bertz CT molecular complexity index is 1390. The molecule has 0 saturated carbocycles. The summed E-state index contributed by atoms with van der Waals surface area (Å²) in [5, 5.41) is 11.6. The lowest BCUT2D eigenvalue weighted by Gasteiger charge is -2.35. The van der Waals surface area contributed by atoms with Crippen molar-refractivity contribution in [2.45, 2.75) is 19.5 Å². The molecular formula is C25H30N8O2S. The number of benzene rings is 1. The lowest BCUT2D eigenvalue weighted by Crippen LogP contribution is -2.52. The van der Waals surface area contributed by atoms with Gasteiger partial charge in [0.2, 0.25) is 5.91 Å². The van der Waals surface area contributed by atoms with Crippen LogP contribution in [0.2, 0.25) is 0 Å². The molecule has 2 saturated heterocycles. The van der Waals surface area contributed by atoms with Gasteiger partial charge >= 0.3 is 0 Å². The first-order valence-corrected chi connectivity index (χ1v) is 13.3. The van der Waals surface area contributed by atoms with E-state index in [1.54, 1.807) is 18.3 Å². The Morgan fingerprint density at radius 1 is 1.17 bits per heavy atom. The number of nitrogens with two attached hydrogens (primary N) is 1. The van der Waals surface area contributed by atoms with Gasteiger partial charge in [0.25, 0.3) is 0 Å². The second-order valence-corrected chi connectivity index (χ2v) is 10.3. The van der Waals surface area contributed by atoms with Gasteiger partial charge in [-0.05, 0) is 23.9 Å². The van der Waals surface area contributed by atoms with Crippen LogP contribution in [0.25, 0.3) is 32.5 Å². The molecule has 10 nitrogen and oxygen atoms in total. The van der Waals surface area contributed by atoms with Gasteiger partial charge in [-0.3, -0.25) is 14.8 Å². The van der Waals surface area contributed by atoms with Gasteiger partial charge in [-0.25, -0.2) is 9.97 Å². The van der Waals surface area contributed by atoms with Crippen LogP contribution in [0.4, 0.5) is 5.82 Å². The minimum absolute atomic E-state index is 0.0267. The van der Waals surface area contributed by atoms with Gasteiger partial charge in [-0.2, -0.15) is 5.10 Å². The maximum Gasteiger partial charge on any atom is 0.239 e. The van der Waals surface area contributed by atoms with Crippen LogP contribution >= 0.6 is 11.3 Å². The average Bonchev–Trinajstić information content (AvgIpc) is 3.56. The third-order valence-corrected chi connectivity index (χ3v) is 7.92. The van der Waals surface area contributed by atoms with Crippen LogP contribution in [0.1, 0.15) is 12.5 Å². The molecule has 0 bridgehead atoms. The zero-order valence-electron chi connectivity index (χ0n) is 20.3. The lowest BCUT2D eigenvalue weighted by molar-refractivity contribution is -0.134. The van der Waals surface area contributed by atoms with E-state index in [1.165, 1.54) is 5.56 Å². The van der Waals surface area contributed by atoms with Gasteiger partial charge in [0, 0.05) is 56.8 Å². The Kier molecular flexibility index (Phi) is 6.30. The summed E-state index contributed by atoms with van der Waals surface area (Å²) in [4.78, 5) is 30.0. The first-order chi connectivity index (χ1) is 17.6. The molecule has 3 aromatic heterocycles. The van der Waals surface area contributed by atoms with Crippen LogP contribution in [0, 0.1) is 0 Å². The molecule has 2 aliphatic heterocycles. The van der Waals surface area contributed by atoms with E-state index in [2.05, 4.69) is 31.4 Å². The van der Waals surface area contributed by atoms with Crippen molar-refractivity contribution in [1.82, 2.24) is 30.0 Å². The van der Waals surface area contributed by atoms with Crippen LogP contribution in [0.5, 0.6) is 0 Å². The molecule has 5 heterocycles. The van der Waals surface area contributed by atoms with Crippen molar-refractivity contribution in [3.8, 4) is 11.4 Å². The van der Waals surface area contributed by atoms with Crippen LogP contribution in [-0.2, 0) is 16.1 Å². The van der Waals surface area contributed by atoms with E-state index < -0.39 is 6.04 Å². The number of fused-ring (bicyclic) bond motifs is 2. The van der Waals surface area contributed by atoms with E-state index in [1.807, 2.05) is 23.2 Å². The molecule has 0 radical (unpaired) electrons. The summed E-state index contributed by atoms with van der Waals surface area (Å²) in [6.07, 6.45) is 1.84. The highest BCUT2D eigenvalue weighted by Gasteiger charge is 2.26. The van der Waals surface area contributed by atoms with Crippen LogP contribution < -0.4 is 10.6 Å². The van der Waals surface area contributed by atoms with Gasteiger partial charge in [-0.1, -0.05) is 12.1 Å². The number of morpholine rings is 1. The van der Waals surface area contributed by atoms with Crippen LogP contribution in [-0.4, -0.2) is 94.4 Å². The van der Waals surface area contributed by atoms with Gasteiger partial charge in [-0.15, -0.1) is 11.3 Å². The highest BCUT2D eigenvalue weighted by Crippen LogP contribution is 2.36. The van der Waals surface area contributed by atoms with E-state index in [0.29, 0.717) is 32.1 Å². The van der Waals surface area contributed by atoms with Crippen molar-refractivity contribution in [2.75, 3.05) is 57.4 Å². The molecule has 1 amide bonds. The fourth-order valence-electron chi connectivity index (χ4n) is 5.04. The van der Waals surface area contributed by atoms with E-state index in [-0.39, 0.29) is 5.91 Å². The van der Waals surface area contributed by atoms with Gasteiger partial charge < -0.3 is 20.3 Å². The molecule has 36 heavy (non-hydrogen) atoms. The van der Waals surface area contributed by atoms with Crippen LogP contribution in [0.3, 0.4) is 0 Å². The van der Waals surface area contributed by atoms with Crippen molar-refractivity contribution in [3.63, 3.8) is 0 Å². The molecule has 1 atom stereocenters. The van der Waals surface area contributed by atoms with E-state index in [4.69, 9.17) is 20.4 Å². The monoisotopic (exact) mass is 506 g/mol. The number of hydrogen-bond donors (Lipinski definition) is 2. The molecule has 11 heteroatoms. The molecule has 3 N–H and O–H groups in total. The molecule has 188 valence electrons. The molecule has 1 aromatic carbocycles. The molecule has 4 aromatic rings. The number of anilines is 1. The molecule has 0 unspecified atom stereocenters. The number of nitrogens with one attached hydrogen (secondary N) is 1. The zero-order valence-corrected chi connectivity index (χ0v) is 21.1. The predicted molar refractivity (Wildman–Crippen MR) is 141 cm³/mol. The number of piperazine rings is 1. The van der Waals surface area contributed by atoms with Crippen molar-refractivity contribution in [3.05, 3.63) is 35.3 Å². The van der Waals surface area contributed by atoms with Crippen molar-refractivity contribution in [1.29, 1.82) is 0 Å². The highest BCUT2D eigenvalue weighted by molar-refractivity contribution is 7.17. The topological polar surface area (TPSA) is 116 Å². The number of amides is 1. The summed E-state index contributed by atoms with van der Waals surface area (Å²) in [6.45, 7) is 8.58. The maximum atomic E-state index is 12.3. The Morgan fingerprint density at radius 2 is 1.97 bits per heavy atom. The predicted octanol–water partition coefficient (Wildman–Crippen LogP) is 2.06. The Labute approximate surface area is 213 Å². The third kappa shape index (κ3) is 4.32. The minimum atomic E-state index is -0.451. The number of carbonyl (C=O) groups excluding carboxylic acids is 1. The lowest BCUT2D eigenvalue weighted by atomic mass is 10.1. The average molecular weight is 507 g/mol. The molecule has 2 aliphatic rings. The Hall–Kier alpha value is -3.12. The second kappa shape index (κ2) is 9.74. The fourth-order valence-corrected chi connectivity index (χ4v) is 5.97. The molecular weight excluding hydrogens is 476 g/mol. The molecule has 2 fully saturated rings. The number of rotatable bonds is 5. The van der Waals surface area contributed by atoms with Crippen molar-refractivity contribution >= 4 is 44.2 Å². The van der Waals surface area contributed by atoms with E-state index >= 15 is 0 Å². The van der Waals surface area contributed by atoms with Crippen molar-refractivity contribution in [2.24, 2.45) is 5.73 Å². The Morgan fingerprint density at radius 3 is 2.75 bits per heavy atom. The SMILES string of the molecule is C[C@@H](N)C(=O)N1CCN(Cc2csc3nc(-c4cccc5[nH]ncc45)nc(N4CCOCC4)c23)CC1. The number of ether oxygens (including phenoxy) is 1. The largest absolute Gasteiger partial charge is 0.378 e. The standard InChI is InChI=1S/C25H30N8O2S/c1-16(26)25(34)33-7-5-31(6-8-33)14-17-15-36-24-21(17)23(32-9-11-35-12-10-32)28-22(29-24)18-3-2-4-20-19(18)13-27-30-20/h2-4,13,15-16H,5-12,14,26H2,1H3,(H,27,30)/t16-/m1/s1. The first-order valence-electron chi connectivity index (χ1n) is 12.4. The second-order valence-electron chi connectivity index (χ2n) is 9.44. The Balaban J connectivity index is 1.34. The summed E-state index contributed by atoms with van der Waals surface area (Å²) in [5.41, 5.74) is 8.98. The fraction of sp³-hybridized carbons (Fsp3) is 0.440. The quantitative estimate of drug-likeness (QED) is 0.423. The third-order valence-electron chi connectivity index (χ3n) is 6.99. The number of carbonyl (C=O) groups is 1. The first kappa shape index (κ1) is 23.3. The number of aromatic nitrogens is 4. The number of H-pyrrole nitrogens is 1. The summed E-state index contributed by atoms with van der Waals surface area (Å²) in [6, 6.07) is 5.62. The summed E-state index contributed by atoms with van der Waals surface area (Å²) < 4.78 is 5.63. The van der Waals surface area contributed by atoms with Gasteiger partial charge in [0.15, 0.2) is 5.82 Å². The number of hydrogen-bond acceptors (Lipinski definition) is 9.